The van der Waals surface area contributed by atoms with Gasteiger partial charge in [-0.2, -0.15) is 11.3 Å². The Hall–Kier alpha value is -1.40. The summed E-state index contributed by atoms with van der Waals surface area (Å²) in [4.78, 5) is 22.8. The quantitative estimate of drug-likeness (QED) is 0.837. The van der Waals surface area contributed by atoms with Gasteiger partial charge in [0.15, 0.2) is 0 Å². The maximum atomic E-state index is 11.9. The van der Waals surface area contributed by atoms with Crippen LogP contribution < -0.4 is 5.32 Å². The van der Waals surface area contributed by atoms with Gasteiger partial charge in [0.05, 0.1) is 25.0 Å². The average Bonchev–Trinajstić information content (AvgIpc) is 2.89. The van der Waals surface area contributed by atoms with Crippen LogP contribution in [-0.2, 0) is 20.7 Å². The monoisotopic (exact) mass is 269 g/mol. The Morgan fingerprint density at radius 2 is 2.39 bits per heavy atom. The summed E-state index contributed by atoms with van der Waals surface area (Å²) in [5.41, 5.74) is 0.209. The number of ether oxygens (including phenoxy) is 1. The third-order valence-corrected chi connectivity index (χ3v) is 3.67. The van der Waals surface area contributed by atoms with Gasteiger partial charge in [0.25, 0.3) is 0 Å². The van der Waals surface area contributed by atoms with Crippen LogP contribution in [-0.4, -0.2) is 35.7 Å². The highest BCUT2D eigenvalue weighted by Crippen LogP contribution is 2.23. The van der Waals surface area contributed by atoms with Crippen LogP contribution in [0.2, 0.25) is 0 Å². The number of aliphatic carboxylic acids is 1. The van der Waals surface area contributed by atoms with Crippen LogP contribution in [0.3, 0.4) is 0 Å². The minimum Gasteiger partial charge on any atom is -0.481 e. The Labute approximate surface area is 109 Å². The van der Waals surface area contributed by atoms with Gasteiger partial charge in [0.2, 0.25) is 5.91 Å². The van der Waals surface area contributed by atoms with Gasteiger partial charge < -0.3 is 15.2 Å². The predicted molar refractivity (Wildman–Crippen MR) is 66.6 cm³/mol. The van der Waals surface area contributed by atoms with Gasteiger partial charge in [0.1, 0.15) is 0 Å². The Balaban J connectivity index is 1.96. The van der Waals surface area contributed by atoms with E-state index < -0.39 is 11.5 Å². The minimum absolute atomic E-state index is 0.0949. The van der Waals surface area contributed by atoms with Crippen molar-refractivity contribution in [2.45, 2.75) is 24.8 Å². The summed E-state index contributed by atoms with van der Waals surface area (Å²) in [6, 6.07) is 1.89. The maximum Gasteiger partial charge on any atom is 0.305 e. The first kappa shape index (κ1) is 13.0. The second kappa shape index (κ2) is 5.49. The van der Waals surface area contributed by atoms with Crippen molar-refractivity contribution in [2.24, 2.45) is 0 Å². The van der Waals surface area contributed by atoms with Gasteiger partial charge in [-0.1, -0.05) is 0 Å². The molecule has 2 N–H and O–H groups in total. The van der Waals surface area contributed by atoms with Crippen LogP contribution in [0.25, 0.3) is 0 Å². The second-order valence-electron chi connectivity index (χ2n) is 4.51. The predicted octanol–water partition coefficient (Wildman–Crippen LogP) is 1.04. The lowest BCUT2D eigenvalue weighted by Crippen LogP contribution is -2.51. The van der Waals surface area contributed by atoms with Crippen LogP contribution in [0.5, 0.6) is 0 Å². The molecule has 1 aliphatic rings. The van der Waals surface area contributed by atoms with Gasteiger partial charge in [-0.15, -0.1) is 0 Å². The molecular formula is C12H15NO4S. The largest absolute Gasteiger partial charge is 0.481 e. The molecule has 2 heterocycles. The minimum atomic E-state index is -0.920. The number of nitrogens with one attached hydrogen (secondary N) is 1. The van der Waals surface area contributed by atoms with Crippen molar-refractivity contribution >= 4 is 23.2 Å². The normalized spacial score (nSPS) is 22.9. The van der Waals surface area contributed by atoms with E-state index in [4.69, 9.17) is 9.84 Å². The molecule has 0 radical (unpaired) electrons. The molecule has 98 valence electrons. The second-order valence-corrected chi connectivity index (χ2v) is 5.29. The Morgan fingerprint density at radius 3 is 2.94 bits per heavy atom. The number of carbonyl (C=O) groups is 2. The molecule has 1 amide bonds. The molecule has 1 aliphatic heterocycles. The van der Waals surface area contributed by atoms with Crippen molar-refractivity contribution in [3.05, 3.63) is 22.4 Å². The lowest BCUT2D eigenvalue weighted by molar-refractivity contribution is -0.139. The van der Waals surface area contributed by atoms with E-state index in [-0.39, 0.29) is 25.4 Å². The molecule has 0 bridgehead atoms. The summed E-state index contributed by atoms with van der Waals surface area (Å²) in [6.07, 6.45) is 0.738. The fraction of sp³-hybridized carbons (Fsp3) is 0.500. The van der Waals surface area contributed by atoms with E-state index in [1.807, 2.05) is 16.8 Å². The van der Waals surface area contributed by atoms with Crippen LogP contribution in [0.4, 0.5) is 0 Å². The molecule has 2 rings (SSSR count). The molecule has 1 fully saturated rings. The molecular weight excluding hydrogens is 254 g/mol. The number of amides is 1. The zero-order chi connectivity index (χ0) is 13.0. The number of carbonyl (C=O) groups excluding carboxylic acids is 1. The van der Waals surface area contributed by atoms with E-state index in [2.05, 4.69) is 5.32 Å². The number of carboxylic acid groups (broad SMARTS) is 1. The Bertz CT molecular complexity index is 423. The average molecular weight is 269 g/mol. The van der Waals surface area contributed by atoms with Crippen molar-refractivity contribution < 1.29 is 19.4 Å². The first-order valence-corrected chi connectivity index (χ1v) is 6.66. The van der Waals surface area contributed by atoms with E-state index in [0.717, 1.165) is 5.56 Å². The van der Waals surface area contributed by atoms with Crippen molar-refractivity contribution in [2.75, 3.05) is 13.2 Å². The molecule has 1 aromatic heterocycles. The van der Waals surface area contributed by atoms with Crippen molar-refractivity contribution in [3.8, 4) is 0 Å². The molecule has 0 aromatic carbocycles. The SMILES string of the molecule is O=C(O)CC1(NC(=O)Cc2ccsc2)CCOC1. The van der Waals surface area contributed by atoms with Crippen LogP contribution in [0.15, 0.2) is 16.8 Å². The molecule has 0 saturated carbocycles. The van der Waals surface area contributed by atoms with Crippen molar-refractivity contribution in [1.29, 1.82) is 0 Å². The molecule has 1 saturated heterocycles. The zero-order valence-electron chi connectivity index (χ0n) is 9.85. The summed E-state index contributed by atoms with van der Waals surface area (Å²) in [5, 5.41) is 15.5. The summed E-state index contributed by atoms with van der Waals surface area (Å²) < 4.78 is 5.22. The van der Waals surface area contributed by atoms with Gasteiger partial charge >= 0.3 is 5.97 Å². The topological polar surface area (TPSA) is 75.6 Å². The van der Waals surface area contributed by atoms with Gasteiger partial charge in [0, 0.05) is 6.61 Å². The highest BCUT2D eigenvalue weighted by Gasteiger charge is 2.38. The van der Waals surface area contributed by atoms with Gasteiger partial charge in [-0.05, 0) is 28.8 Å². The molecule has 0 spiro atoms. The van der Waals surface area contributed by atoms with E-state index in [9.17, 15) is 9.59 Å². The smallest absolute Gasteiger partial charge is 0.305 e. The number of thiophene rings is 1. The fourth-order valence-corrected chi connectivity index (χ4v) is 2.77. The third-order valence-electron chi connectivity index (χ3n) is 2.94. The third kappa shape index (κ3) is 3.30. The van der Waals surface area contributed by atoms with Gasteiger partial charge in [-0.3, -0.25) is 9.59 Å². The molecule has 1 aromatic rings. The first-order valence-electron chi connectivity index (χ1n) is 5.71. The first-order chi connectivity index (χ1) is 8.60. The highest BCUT2D eigenvalue weighted by molar-refractivity contribution is 7.07. The highest BCUT2D eigenvalue weighted by atomic mass is 32.1. The standard InChI is InChI=1S/C12H15NO4S/c14-10(5-9-1-4-18-7-9)13-12(6-11(15)16)2-3-17-8-12/h1,4,7H,2-3,5-6,8H2,(H,13,14)(H,15,16). The number of hydrogen-bond acceptors (Lipinski definition) is 4. The Morgan fingerprint density at radius 1 is 1.56 bits per heavy atom. The van der Waals surface area contributed by atoms with Crippen LogP contribution >= 0.6 is 11.3 Å². The summed E-state index contributed by atoms with van der Waals surface area (Å²) in [5.74, 6) is -1.07. The lowest BCUT2D eigenvalue weighted by atomic mass is 9.94. The summed E-state index contributed by atoms with van der Waals surface area (Å²) in [7, 11) is 0. The van der Waals surface area contributed by atoms with Gasteiger partial charge in [-0.25, -0.2) is 0 Å². The summed E-state index contributed by atoms with van der Waals surface area (Å²) >= 11 is 1.54. The van der Waals surface area contributed by atoms with E-state index in [0.29, 0.717) is 13.0 Å². The number of hydrogen-bond donors (Lipinski definition) is 2. The lowest BCUT2D eigenvalue weighted by Gasteiger charge is -2.26. The molecule has 5 nitrogen and oxygen atoms in total. The van der Waals surface area contributed by atoms with Crippen molar-refractivity contribution in [3.63, 3.8) is 0 Å². The molecule has 6 heteroatoms. The number of rotatable bonds is 5. The molecule has 1 unspecified atom stereocenters. The van der Waals surface area contributed by atoms with E-state index >= 15 is 0 Å². The molecule has 0 aliphatic carbocycles. The Kier molecular flexibility index (Phi) is 3.98. The molecule has 1 atom stereocenters. The van der Waals surface area contributed by atoms with E-state index in [1.165, 1.54) is 11.3 Å². The maximum absolute atomic E-state index is 11.9. The van der Waals surface area contributed by atoms with Crippen LogP contribution in [0.1, 0.15) is 18.4 Å². The fourth-order valence-electron chi connectivity index (χ4n) is 2.10. The summed E-state index contributed by atoms with van der Waals surface area (Å²) in [6.45, 7) is 0.765. The molecule has 18 heavy (non-hydrogen) atoms. The van der Waals surface area contributed by atoms with E-state index in [1.54, 1.807) is 0 Å². The number of carboxylic acids is 1. The zero-order valence-corrected chi connectivity index (χ0v) is 10.7. The van der Waals surface area contributed by atoms with Crippen LogP contribution in [0, 0.1) is 0 Å². The van der Waals surface area contributed by atoms with Crippen molar-refractivity contribution in [1.82, 2.24) is 5.32 Å².